The SMILES string of the molecule is CCCCCC(O)C(C)C(=O)c1ccccc1. The Labute approximate surface area is 104 Å². The van der Waals surface area contributed by atoms with Crippen LogP contribution in [0.5, 0.6) is 0 Å². The minimum Gasteiger partial charge on any atom is -0.392 e. The molecule has 2 atom stereocenters. The fraction of sp³-hybridized carbons (Fsp3) is 0.533. The molecule has 0 saturated heterocycles. The first-order chi connectivity index (χ1) is 8.16. The highest BCUT2D eigenvalue weighted by atomic mass is 16.3. The molecule has 0 aromatic heterocycles. The lowest BCUT2D eigenvalue weighted by atomic mass is 9.91. The van der Waals surface area contributed by atoms with E-state index in [1.807, 2.05) is 25.1 Å². The number of carbonyl (C=O) groups excluding carboxylic acids is 1. The van der Waals surface area contributed by atoms with Crippen LogP contribution < -0.4 is 0 Å². The maximum absolute atomic E-state index is 12.1. The van der Waals surface area contributed by atoms with Gasteiger partial charge in [0.2, 0.25) is 0 Å². The highest BCUT2D eigenvalue weighted by molar-refractivity contribution is 5.97. The smallest absolute Gasteiger partial charge is 0.168 e. The van der Waals surface area contributed by atoms with Crippen molar-refractivity contribution in [3.8, 4) is 0 Å². The average molecular weight is 234 g/mol. The summed E-state index contributed by atoms with van der Waals surface area (Å²) >= 11 is 0. The van der Waals surface area contributed by atoms with Crippen LogP contribution in [0.1, 0.15) is 49.9 Å². The molecule has 0 amide bonds. The summed E-state index contributed by atoms with van der Waals surface area (Å²) in [6.07, 6.45) is 3.43. The molecule has 1 N–H and O–H groups in total. The molecule has 94 valence electrons. The van der Waals surface area contributed by atoms with Crippen LogP contribution in [0.25, 0.3) is 0 Å². The Morgan fingerprint density at radius 3 is 2.47 bits per heavy atom. The molecule has 0 heterocycles. The number of unbranched alkanes of at least 4 members (excludes halogenated alkanes) is 2. The number of aliphatic hydroxyl groups excluding tert-OH is 1. The largest absolute Gasteiger partial charge is 0.392 e. The van der Waals surface area contributed by atoms with Crippen LogP contribution in [0.4, 0.5) is 0 Å². The third-order valence-corrected chi connectivity index (χ3v) is 3.15. The molecule has 0 aliphatic carbocycles. The van der Waals surface area contributed by atoms with E-state index in [0.29, 0.717) is 12.0 Å². The van der Waals surface area contributed by atoms with Crippen LogP contribution >= 0.6 is 0 Å². The molecule has 2 nitrogen and oxygen atoms in total. The van der Waals surface area contributed by atoms with E-state index in [0.717, 1.165) is 19.3 Å². The summed E-state index contributed by atoms with van der Waals surface area (Å²) in [5, 5.41) is 9.96. The molecule has 1 aromatic rings. The zero-order valence-electron chi connectivity index (χ0n) is 10.7. The van der Waals surface area contributed by atoms with Gasteiger partial charge in [-0.15, -0.1) is 0 Å². The number of Topliss-reactive ketones (excluding diaryl/α,β-unsaturated/α-hetero) is 1. The van der Waals surface area contributed by atoms with Gasteiger partial charge in [-0.1, -0.05) is 63.4 Å². The predicted molar refractivity (Wildman–Crippen MR) is 70.1 cm³/mol. The van der Waals surface area contributed by atoms with Crippen molar-refractivity contribution >= 4 is 5.78 Å². The number of rotatable bonds is 7. The zero-order chi connectivity index (χ0) is 12.7. The van der Waals surface area contributed by atoms with Crippen molar-refractivity contribution in [1.29, 1.82) is 0 Å². The fourth-order valence-corrected chi connectivity index (χ4v) is 1.89. The first-order valence-corrected chi connectivity index (χ1v) is 6.44. The fourth-order valence-electron chi connectivity index (χ4n) is 1.89. The predicted octanol–water partition coefficient (Wildman–Crippen LogP) is 3.45. The summed E-state index contributed by atoms with van der Waals surface area (Å²) in [7, 11) is 0. The topological polar surface area (TPSA) is 37.3 Å². The van der Waals surface area contributed by atoms with Gasteiger partial charge in [-0.2, -0.15) is 0 Å². The molecule has 0 radical (unpaired) electrons. The summed E-state index contributed by atoms with van der Waals surface area (Å²) in [4.78, 5) is 12.1. The van der Waals surface area contributed by atoms with Crippen LogP contribution in [0.2, 0.25) is 0 Å². The summed E-state index contributed by atoms with van der Waals surface area (Å²) in [5.74, 6) is -0.274. The van der Waals surface area contributed by atoms with E-state index < -0.39 is 6.10 Å². The third kappa shape index (κ3) is 4.31. The minimum atomic E-state index is -0.519. The van der Waals surface area contributed by atoms with Crippen LogP contribution in [0, 0.1) is 5.92 Å². The Morgan fingerprint density at radius 1 is 1.24 bits per heavy atom. The number of ketones is 1. The van der Waals surface area contributed by atoms with Gasteiger partial charge in [-0.3, -0.25) is 4.79 Å². The van der Waals surface area contributed by atoms with Gasteiger partial charge in [0.25, 0.3) is 0 Å². The molecule has 0 saturated carbocycles. The standard InChI is InChI=1S/C15H22O2/c1-3-4-6-11-14(16)12(2)15(17)13-9-7-5-8-10-13/h5,7-10,12,14,16H,3-4,6,11H2,1-2H3. The van der Waals surface area contributed by atoms with Crippen molar-refractivity contribution in [1.82, 2.24) is 0 Å². The normalized spacial score (nSPS) is 14.3. The average Bonchev–Trinajstić information content (AvgIpc) is 2.38. The van der Waals surface area contributed by atoms with E-state index in [2.05, 4.69) is 6.92 Å². The molecule has 0 spiro atoms. The molecule has 0 bridgehead atoms. The first-order valence-electron chi connectivity index (χ1n) is 6.44. The van der Waals surface area contributed by atoms with Gasteiger partial charge in [0.05, 0.1) is 6.10 Å². The van der Waals surface area contributed by atoms with E-state index in [1.165, 1.54) is 0 Å². The number of benzene rings is 1. The van der Waals surface area contributed by atoms with Crippen LogP contribution in [0.15, 0.2) is 30.3 Å². The molecular formula is C15H22O2. The molecule has 17 heavy (non-hydrogen) atoms. The lowest BCUT2D eigenvalue weighted by molar-refractivity contribution is 0.0683. The van der Waals surface area contributed by atoms with Crippen molar-refractivity contribution in [3.05, 3.63) is 35.9 Å². The Kier molecular flexibility index (Phi) is 5.92. The first kappa shape index (κ1) is 13.9. The van der Waals surface area contributed by atoms with E-state index in [1.54, 1.807) is 12.1 Å². The number of hydrogen-bond acceptors (Lipinski definition) is 2. The maximum Gasteiger partial charge on any atom is 0.168 e. The summed E-state index contributed by atoms with van der Waals surface area (Å²) < 4.78 is 0. The molecule has 1 aromatic carbocycles. The second kappa shape index (κ2) is 7.23. The lowest BCUT2D eigenvalue weighted by Gasteiger charge is -2.17. The molecular weight excluding hydrogens is 212 g/mol. The molecule has 2 unspecified atom stereocenters. The molecule has 0 aliphatic heterocycles. The summed E-state index contributed by atoms with van der Waals surface area (Å²) in [6.45, 7) is 3.94. The van der Waals surface area contributed by atoms with Crippen LogP contribution in [-0.2, 0) is 0 Å². The van der Waals surface area contributed by atoms with E-state index in [-0.39, 0.29) is 11.7 Å². The second-order valence-electron chi connectivity index (χ2n) is 4.58. The lowest BCUT2D eigenvalue weighted by Crippen LogP contribution is -2.25. The molecule has 1 rings (SSSR count). The minimum absolute atomic E-state index is 0.0367. The summed E-state index contributed by atoms with van der Waals surface area (Å²) in [5.41, 5.74) is 0.689. The molecule has 0 aliphatic rings. The Hall–Kier alpha value is -1.15. The van der Waals surface area contributed by atoms with E-state index in [4.69, 9.17) is 0 Å². The van der Waals surface area contributed by atoms with Crippen molar-refractivity contribution in [2.45, 2.75) is 45.6 Å². The van der Waals surface area contributed by atoms with Gasteiger partial charge in [0, 0.05) is 11.5 Å². The second-order valence-corrected chi connectivity index (χ2v) is 4.58. The quantitative estimate of drug-likeness (QED) is 0.579. The Bertz CT molecular complexity index is 332. The zero-order valence-corrected chi connectivity index (χ0v) is 10.7. The van der Waals surface area contributed by atoms with Gasteiger partial charge < -0.3 is 5.11 Å². The van der Waals surface area contributed by atoms with Crippen molar-refractivity contribution in [2.75, 3.05) is 0 Å². The van der Waals surface area contributed by atoms with Gasteiger partial charge in [0.1, 0.15) is 0 Å². The van der Waals surface area contributed by atoms with Gasteiger partial charge in [-0.05, 0) is 6.42 Å². The maximum atomic E-state index is 12.1. The molecule has 0 fully saturated rings. The van der Waals surface area contributed by atoms with Crippen molar-refractivity contribution in [2.24, 2.45) is 5.92 Å². The summed E-state index contributed by atoms with van der Waals surface area (Å²) in [6, 6.07) is 9.20. The monoisotopic (exact) mass is 234 g/mol. The highest BCUT2D eigenvalue weighted by Gasteiger charge is 2.22. The van der Waals surface area contributed by atoms with Crippen molar-refractivity contribution in [3.63, 3.8) is 0 Å². The number of aliphatic hydroxyl groups is 1. The highest BCUT2D eigenvalue weighted by Crippen LogP contribution is 2.16. The van der Waals surface area contributed by atoms with Crippen LogP contribution in [0.3, 0.4) is 0 Å². The van der Waals surface area contributed by atoms with E-state index in [9.17, 15) is 9.90 Å². The Morgan fingerprint density at radius 2 is 1.88 bits per heavy atom. The van der Waals surface area contributed by atoms with Gasteiger partial charge in [0.15, 0.2) is 5.78 Å². The van der Waals surface area contributed by atoms with Gasteiger partial charge >= 0.3 is 0 Å². The van der Waals surface area contributed by atoms with Gasteiger partial charge in [-0.25, -0.2) is 0 Å². The van der Waals surface area contributed by atoms with Crippen LogP contribution in [-0.4, -0.2) is 17.0 Å². The van der Waals surface area contributed by atoms with E-state index >= 15 is 0 Å². The Balaban J connectivity index is 2.51. The third-order valence-electron chi connectivity index (χ3n) is 3.15. The van der Waals surface area contributed by atoms with Crippen molar-refractivity contribution < 1.29 is 9.90 Å². The molecule has 2 heteroatoms. The number of hydrogen-bond donors (Lipinski definition) is 1. The number of carbonyl (C=O) groups is 1.